The maximum absolute atomic E-state index is 12.2. The van der Waals surface area contributed by atoms with Gasteiger partial charge in [-0.1, -0.05) is 0 Å². The monoisotopic (exact) mass is 349 g/mol. The van der Waals surface area contributed by atoms with Crippen molar-refractivity contribution in [3.63, 3.8) is 0 Å². The SMILES string of the molecule is CC(C)(C)OC(=O)N1CCCC(NCCc2nnc3n2CCC3)CC1. The van der Waals surface area contributed by atoms with Gasteiger partial charge < -0.3 is 19.5 Å². The molecule has 25 heavy (non-hydrogen) atoms. The highest BCUT2D eigenvalue weighted by atomic mass is 16.6. The zero-order valence-corrected chi connectivity index (χ0v) is 15.8. The molecule has 1 amide bonds. The van der Waals surface area contributed by atoms with Crippen LogP contribution in [-0.4, -0.2) is 57.0 Å². The zero-order chi connectivity index (χ0) is 17.9. The van der Waals surface area contributed by atoms with Crippen molar-refractivity contribution in [1.82, 2.24) is 25.0 Å². The molecular formula is C18H31N5O2. The summed E-state index contributed by atoms with van der Waals surface area (Å²) in [5, 5.41) is 12.2. The van der Waals surface area contributed by atoms with Crippen molar-refractivity contribution >= 4 is 6.09 Å². The van der Waals surface area contributed by atoms with Crippen molar-refractivity contribution in [2.75, 3.05) is 19.6 Å². The highest BCUT2D eigenvalue weighted by Crippen LogP contribution is 2.16. The van der Waals surface area contributed by atoms with E-state index in [0.717, 1.165) is 69.9 Å². The second kappa shape index (κ2) is 7.72. The number of nitrogens with one attached hydrogen (secondary N) is 1. The quantitative estimate of drug-likeness (QED) is 0.902. The maximum atomic E-state index is 12.2. The van der Waals surface area contributed by atoms with Gasteiger partial charge in [-0.05, 0) is 46.5 Å². The Labute approximate surface area is 150 Å². The lowest BCUT2D eigenvalue weighted by molar-refractivity contribution is 0.0256. The van der Waals surface area contributed by atoms with Gasteiger partial charge in [0.25, 0.3) is 0 Å². The number of amides is 1. The van der Waals surface area contributed by atoms with Crippen LogP contribution in [0.25, 0.3) is 0 Å². The van der Waals surface area contributed by atoms with E-state index in [0.29, 0.717) is 6.04 Å². The van der Waals surface area contributed by atoms with E-state index >= 15 is 0 Å². The highest BCUT2D eigenvalue weighted by Gasteiger charge is 2.25. The molecule has 1 unspecified atom stereocenters. The molecule has 1 aromatic rings. The molecule has 7 heteroatoms. The zero-order valence-electron chi connectivity index (χ0n) is 15.8. The Morgan fingerprint density at radius 2 is 2.04 bits per heavy atom. The first-order chi connectivity index (χ1) is 11.9. The van der Waals surface area contributed by atoms with E-state index in [1.165, 1.54) is 6.42 Å². The number of ether oxygens (including phenoxy) is 1. The minimum Gasteiger partial charge on any atom is -0.444 e. The van der Waals surface area contributed by atoms with Crippen molar-refractivity contribution in [2.24, 2.45) is 0 Å². The molecule has 2 aliphatic rings. The van der Waals surface area contributed by atoms with Crippen LogP contribution in [0.15, 0.2) is 0 Å². The van der Waals surface area contributed by atoms with E-state index in [-0.39, 0.29) is 6.09 Å². The Morgan fingerprint density at radius 3 is 2.84 bits per heavy atom. The molecule has 0 spiro atoms. The van der Waals surface area contributed by atoms with Crippen molar-refractivity contribution in [1.29, 1.82) is 0 Å². The Hall–Kier alpha value is -1.63. The first-order valence-electron chi connectivity index (χ1n) is 9.54. The van der Waals surface area contributed by atoms with E-state index < -0.39 is 5.60 Å². The van der Waals surface area contributed by atoms with E-state index in [4.69, 9.17) is 4.74 Å². The van der Waals surface area contributed by atoms with Gasteiger partial charge in [-0.3, -0.25) is 0 Å². The van der Waals surface area contributed by atoms with Crippen molar-refractivity contribution in [3.05, 3.63) is 11.6 Å². The standard InChI is InChI=1S/C18H31N5O2/c1-18(2,3)25-17(24)22-11-4-6-14(9-13-22)19-10-8-16-21-20-15-7-5-12-23(15)16/h14,19H,4-13H2,1-3H3. The van der Waals surface area contributed by atoms with Gasteiger partial charge in [0.05, 0.1) is 0 Å². The number of hydrogen-bond acceptors (Lipinski definition) is 5. The number of carbonyl (C=O) groups is 1. The van der Waals surface area contributed by atoms with E-state index in [2.05, 4.69) is 20.1 Å². The molecule has 7 nitrogen and oxygen atoms in total. The number of hydrogen-bond donors (Lipinski definition) is 1. The Kier molecular flexibility index (Phi) is 5.61. The molecule has 0 bridgehead atoms. The number of likely N-dealkylation sites (tertiary alicyclic amines) is 1. The van der Waals surface area contributed by atoms with Crippen LogP contribution >= 0.6 is 0 Å². The van der Waals surface area contributed by atoms with Crippen LogP contribution in [0.4, 0.5) is 4.79 Å². The Bertz CT molecular complexity index is 593. The molecule has 140 valence electrons. The summed E-state index contributed by atoms with van der Waals surface area (Å²) in [4.78, 5) is 14.1. The third kappa shape index (κ3) is 4.93. The predicted molar refractivity (Wildman–Crippen MR) is 95.5 cm³/mol. The predicted octanol–water partition coefficient (Wildman–Crippen LogP) is 2.15. The fourth-order valence-electron chi connectivity index (χ4n) is 3.59. The molecule has 1 N–H and O–H groups in total. The lowest BCUT2D eigenvalue weighted by Gasteiger charge is -2.26. The van der Waals surface area contributed by atoms with Crippen molar-refractivity contribution in [3.8, 4) is 0 Å². The third-order valence-electron chi connectivity index (χ3n) is 4.85. The Balaban J connectivity index is 1.41. The first kappa shape index (κ1) is 18.2. The largest absolute Gasteiger partial charge is 0.444 e. The van der Waals surface area contributed by atoms with Crippen molar-refractivity contribution < 1.29 is 9.53 Å². The molecule has 2 aliphatic heterocycles. The number of aromatic nitrogens is 3. The first-order valence-corrected chi connectivity index (χ1v) is 9.54. The fourth-order valence-corrected chi connectivity index (χ4v) is 3.59. The second-order valence-corrected chi connectivity index (χ2v) is 8.09. The van der Waals surface area contributed by atoms with Gasteiger partial charge in [0.2, 0.25) is 0 Å². The fraction of sp³-hybridized carbons (Fsp3) is 0.833. The molecule has 1 fully saturated rings. The maximum Gasteiger partial charge on any atom is 0.410 e. The molecule has 0 aromatic carbocycles. The van der Waals surface area contributed by atoms with Gasteiger partial charge in [0, 0.05) is 45.1 Å². The van der Waals surface area contributed by atoms with Crippen LogP contribution in [0.1, 0.15) is 58.1 Å². The molecule has 0 radical (unpaired) electrons. The summed E-state index contributed by atoms with van der Waals surface area (Å²) in [6, 6.07) is 0.452. The topological polar surface area (TPSA) is 72.3 Å². The normalized spacial score (nSPS) is 21.1. The van der Waals surface area contributed by atoms with Gasteiger partial charge in [-0.25, -0.2) is 4.79 Å². The number of aryl methyl sites for hydroxylation is 1. The van der Waals surface area contributed by atoms with Gasteiger partial charge >= 0.3 is 6.09 Å². The van der Waals surface area contributed by atoms with Gasteiger partial charge in [0.1, 0.15) is 17.2 Å². The summed E-state index contributed by atoms with van der Waals surface area (Å²) < 4.78 is 7.75. The average molecular weight is 349 g/mol. The molecule has 1 atom stereocenters. The summed E-state index contributed by atoms with van der Waals surface area (Å²) >= 11 is 0. The minimum atomic E-state index is -0.431. The van der Waals surface area contributed by atoms with Crippen LogP contribution < -0.4 is 5.32 Å². The average Bonchev–Trinajstić information content (AvgIpc) is 3.04. The summed E-state index contributed by atoms with van der Waals surface area (Å²) in [6.07, 6.45) is 6.05. The summed E-state index contributed by atoms with van der Waals surface area (Å²) in [5.41, 5.74) is -0.431. The van der Waals surface area contributed by atoms with E-state index in [9.17, 15) is 4.79 Å². The molecule has 1 aromatic heterocycles. The smallest absolute Gasteiger partial charge is 0.410 e. The second-order valence-electron chi connectivity index (χ2n) is 8.09. The molecule has 0 aliphatic carbocycles. The number of fused-ring (bicyclic) bond motifs is 1. The molecule has 3 heterocycles. The molecular weight excluding hydrogens is 318 g/mol. The molecule has 1 saturated heterocycles. The van der Waals surface area contributed by atoms with Crippen LogP contribution in [-0.2, 0) is 24.1 Å². The van der Waals surface area contributed by atoms with Gasteiger partial charge in [0.15, 0.2) is 0 Å². The van der Waals surface area contributed by atoms with Crippen LogP contribution in [0, 0.1) is 0 Å². The highest BCUT2D eigenvalue weighted by molar-refractivity contribution is 5.68. The molecule has 0 saturated carbocycles. The number of nitrogens with zero attached hydrogens (tertiary/aromatic N) is 4. The van der Waals surface area contributed by atoms with E-state index in [1.54, 1.807) is 0 Å². The van der Waals surface area contributed by atoms with Gasteiger partial charge in [-0.15, -0.1) is 10.2 Å². The molecule has 3 rings (SSSR count). The lowest BCUT2D eigenvalue weighted by Crippen LogP contribution is -2.38. The Morgan fingerprint density at radius 1 is 1.20 bits per heavy atom. The van der Waals surface area contributed by atoms with Crippen molar-refractivity contribution in [2.45, 2.75) is 77.5 Å². The summed E-state index contributed by atoms with van der Waals surface area (Å²) in [5.74, 6) is 2.24. The van der Waals surface area contributed by atoms with Crippen LogP contribution in [0.5, 0.6) is 0 Å². The summed E-state index contributed by atoms with van der Waals surface area (Å²) in [6.45, 7) is 9.25. The number of rotatable bonds is 4. The van der Waals surface area contributed by atoms with Crippen LogP contribution in [0.2, 0.25) is 0 Å². The van der Waals surface area contributed by atoms with Crippen LogP contribution in [0.3, 0.4) is 0 Å². The lowest BCUT2D eigenvalue weighted by atomic mass is 10.1. The summed E-state index contributed by atoms with van der Waals surface area (Å²) in [7, 11) is 0. The number of carbonyl (C=O) groups excluding carboxylic acids is 1. The van der Waals surface area contributed by atoms with E-state index in [1.807, 2.05) is 25.7 Å². The third-order valence-corrected chi connectivity index (χ3v) is 4.85. The minimum absolute atomic E-state index is 0.188. The van der Waals surface area contributed by atoms with Gasteiger partial charge in [-0.2, -0.15) is 0 Å².